The van der Waals surface area contributed by atoms with Gasteiger partial charge in [0.25, 0.3) is 0 Å². The molecule has 0 bridgehead atoms. The Labute approximate surface area is 121 Å². The zero-order valence-electron chi connectivity index (χ0n) is 11.5. The van der Waals surface area contributed by atoms with E-state index in [1.807, 2.05) is 12.4 Å². The topological polar surface area (TPSA) is 12.9 Å². The Balaban J connectivity index is 2.17. The summed E-state index contributed by atoms with van der Waals surface area (Å²) in [5.41, 5.74) is 1.27. The van der Waals surface area contributed by atoms with Crippen molar-refractivity contribution < 1.29 is 0 Å². The van der Waals surface area contributed by atoms with Crippen LogP contribution in [0.15, 0.2) is 79.1 Å². The van der Waals surface area contributed by atoms with Gasteiger partial charge in [0.05, 0.1) is 0 Å². The molecule has 0 aliphatic carbocycles. The number of hydrogen-bond donors (Lipinski definition) is 0. The van der Waals surface area contributed by atoms with E-state index >= 15 is 0 Å². The highest BCUT2D eigenvalue weighted by molar-refractivity contribution is 6.95. The van der Waals surface area contributed by atoms with Crippen LogP contribution in [0.25, 0.3) is 0 Å². The molecule has 0 spiro atoms. The number of benzene rings is 2. The fraction of sp³-hybridized carbons (Fsp3) is 0.0556. The molecule has 3 rings (SSSR count). The molecule has 0 saturated carbocycles. The van der Waals surface area contributed by atoms with Crippen molar-refractivity contribution in [2.75, 3.05) is 0 Å². The lowest BCUT2D eigenvalue weighted by atomic mass is 10.3. The standard InChI is InChI=1S/C18H16NSi/c1-15-14-19-13-12-18(15)20(16-8-4-2-5-9-16)17-10-6-3-7-11-17/h2-14H,1H3. The van der Waals surface area contributed by atoms with Gasteiger partial charge in [0.1, 0.15) is 0 Å². The van der Waals surface area contributed by atoms with E-state index in [1.165, 1.54) is 21.1 Å². The van der Waals surface area contributed by atoms with Crippen molar-refractivity contribution in [1.29, 1.82) is 0 Å². The maximum Gasteiger partial charge on any atom is 0.155 e. The van der Waals surface area contributed by atoms with Crippen LogP contribution in [0, 0.1) is 6.92 Å². The number of nitrogens with zero attached hydrogens (tertiary/aromatic N) is 1. The van der Waals surface area contributed by atoms with Crippen molar-refractivity contribution in [2.45, 2.75) is 6.92 Å². The summed E-state index contributed by atoms with van der Waals surface area (Å²) >= 11 is 0. The lowest BCUT2D eigenvalue weighted by Crippen LogP contribution is -2.52. The second-order valence-electron chi connectivity index (χ2n) is 4.80. The van der Waals surface area contributed by atoms with Crippen LogP contribution in [0.3, 0.4) is 0 Å². The number of pyridine rings is 1. The Bertz CT molecular complexity index is 641. The lowest BCUT2D eigenvalue weighted by Gasteiger charge is -2.18. The number of aryl methyl sites for hydroxylation is 1. The van der Waals surface area contributed by atoms with Crippen LogP contribution in [0.1, 0.15) is 5.56 Å². The summed E-state index contributed by atoms with van der Waals surface area (Å²) in [5.74, 6) is 0. The van der Waals surface area contributed by atoms with Gasteiger partial charge in [0.15, 0.2) is 8.80 Å². The average Bonchev–Trinajstić information content (AvgIpc) is 2.52. The van der Waals surface area contributed by atoms with Crippen LogP contribution in [0.4, 0.5) is 0 Å². The van der Waals surface area contributed by atoms with Gasteiger partial charge < -0.3 is 0 Å². The highest BCUT2D eigenvalue weighted by atomic mass is 28.3. The maximum atomic E-state index is 4.23. The summed E-state index contributed by atoms with van der Waals surface area (Å²) < 4.78 is 0. The summed E-state index contributed by atoms with van der Waals surface area (Å²) in [4.78, 5) is 4.23. The molecule has 1 heterocycles. The fourth-order valence-electron chi connectivity index (χ4n) is 2.44. The van der Waals surface area contributed by atoms with Crippen LogP contribution in [-0.4, -0.2) is 13.8 Å². The SMILES string of the molecule is Cc1cnccc1[Si](c1ccccc1)c1ccccc1. The van der Waals surface area contributed by atoms with Crippen molar-refractivity contribution >= 4 is 24.4 Å². The first kappa shape index (κ1) is 12.8. The zero-order valence-corrected chi connectivity index (χ0v) is 12.5. The Morgan fingerprint density at radius 1 is 0.750 bits per heavy atom. The van der Waals surface area contributed by atoms with E-state index in [4.69, 9.17) is 0 Å². The van der Waals surface area contributed by atoms with E-state index in [-0.39, 0.29) is 0 Å². The van der Waals surface area contributed by atoms with E-state index in [2.05, 4.69) is 78.6 Å². The minimum Gasteiger partial charge on any atom is -0.264 e. The molecule has 2 heteroatoms. The molecular weight excluding hydrogens is 258 g/mol. The van der Waals surface area contributed by atoms with Gasteiger partial charge in [0.2, 0.25) is 0 Å². The van der Waals surface area contributed by atoms with Crippen LogP contribution in [0.5, 0.6) is 0 Å². The Morgan fingerprint density at radius 2 is 1.30 bits per heavy atom. The van der Waals surface area contributed by atoms with Crippen LogP contribution in [0.2, 0.25) is 0 Å². The van der Waals surface area contributed by atoms with Crippen molar-refractivity contribution in [3.63, 3.8) is 0 Å². The van der Waals surface area contributed by atoms with Crippen molar-refractivity contribution in [3.8, 4) is 0 Å². The molecule has 3 aromatic rings. The molecule has 97 valence electrons. The third-order valence-electron chi connectivity index (χ3n) is 3.41. The first-order valence-corrected chi connectivity index (χ1v) is 8.25. The molecule has 1 aromatic heterocycles. The summed E-state index contributed by atoms with van der Waals surface area (Å²) in [6.07, 6.45) is 3.87. The summed E-state index contributed by atoms with van der Waals surface area (Å²) in [5, 5.41) is 4.25. The normalized spacial score (nSPS) is 10.7. The first-order valence-electron chi connectivity index (χ1n) is 6.75. The van der Waals surface area contributed by atoms with Crippen molar-refractivity contribution in [1.82, 2.24) is 4.98 Å². The molecule has 0 unspecified atom stereocenters. The predicted octanol–water partition coefficient (Wildman–Crippen LogP) is 1.91. The molecule has 20 heavy (non-hydrogen) atoms. The largest absolute Gasteiger partial charge is 0.264 e. The van der Waals surface area contributed by atoms with E-state index in [9.17, 15) is 0 Å². The minimum atomic E-state index is -0.947. The van der Waals surface area contributed by atoms with Gasteiger partial charge in [0, 0.05) is 12.4 Å². The van der Waals surface area contributed by atoms with Gasteiger partial charge in [-0.3, -0.25) is 4.98 Å². The van der Waals surface area contributed by atoms with E-state index in [0.29, 0.717) is 0 Å². The second-order valence-corrected chi connectivity index (χ2v) is 7.24. The molecule has 0 fully saturated rings. The summed E-state index contributed by atoms with van der Waals surface area (Å²) in [6, 6.07) is 23.8. The summed E-state index contributed by atoms with van der Waals surface area (Å²) in [6.45, 7) is 2.15. The third kappa shape index (κ3) is 2.56. The zero-order chi connectivity index (χ0) is 13.8. The molecule has 0 N–H and O–H groups in total. The van der Waals surface area contributed by atoms with Gasteiger partial charge in [-0.15, -0.1) is 0 Å². The van der Waals surface area contributed by atoms with Gasteiger partial charge >= 0.3 is 0 Å². The van der Waals surface area contributed by atoms with Gasteiger partial charge in [-0.1, -0.05) is 71.0 Å². The highest BCUT2D eigenvalue weighted by Gasteiger charge is 2.20. The highest BCUT2D eigenvalue weighted by Crippen LogP contribution is 1.98. The smallest absolute Gasteiger partial charge is 0.155 e. The molecule has 1 radical (unpaired) electrons. The Morgan fingerprint density at radius 3 is 1.80 bits per heavy atom. The van der Waals surface area contributed by atoms with E-state index < -0.39 is 8.80 Å². The monoisotopic (exact) mass is 274 g/mol. The predicted molar refractivity (Wildman–Crippen MR) is 86.5 cm³/mol. The molecule has 1 nitrogen and oxygen atoms in total. The first-order chi connectivity index (χ1) is 9.86. The number of rotatable bonds is 3. The quantitative estimate of drug-likeness (QED) is 0.665. The van der Waals surface area contributed by atoms with Crippen LogP contribution in [-0.2, 0) is 0 Å². The third-order valence-corrected chi connectivity index (χ3v) is 6.34. The Kier molecular flexibility index (Phi) is 3.75. The van der Waals surface area contributed by atoms with Crippen LogP contribution < -0.4 is 15.6 Å². The van der Waals surface area contributed by atoms with Gasteiger partial charge in [-0.05, 0) is 23.7 Å². The summed E-state index contributed by atoms with van der Waals surface area (Å²) in [7, 11) is -0.947. The molecule has 0 saturated heterocycles. The van der Waals surface area contributed by atoms with E-state index in [0.717, 1.165) is 0 Å². The molecular formula is C18H16NSi. The number of hydrogen-bond acceptors (Lipinski definition) is 1. The second kappa shape index (κ2) is 5.84. The van der Waals surface area contributed by atoms with Crippen LogP contribution >= 0.6 is 0 Å². The van der Waals surface area contributed by atoms with Crippen molar-refractivity contribution in [3.05, 3.63) is 84.7 Å². The lowest BCUT2D eigenvalue weighted by molar-refractivity contribution is 1.29. The van der Waals surface area contributed by atoms with E-state index in [1.54, 1.807) is 0 Å². The molecule has 0 atom stereocenters. The average molecular weight is 274 g/mol. The molecule has 0 aliphatic rings. The van der Waals surface area contributed by atoms with Crippen molar-refractivity contribution in [2.24, 2.45) is 0 Å². The Hall–Kier alpha value is -2.19. The van der Waals surface area contributed by atoms with Gasteiger partial charge in [-0.25, -0.2) is 0 Å². The van der Waals surface area contributed by atoms with Gasteiger partial charge in [-0.2, -0.15) is 0 Å². The maximum absolute atomic E-state index is 4.23. The fourth-order valence-corrected chi connectivity index (χ4v) is 5.15. The number of aromatic nitrogens is 1. The molecule has 0 aliphatic heterocycles. The molecule has 2 aromatic carbocycles. The molecule has 0 amide bonds. The minimum absolute atomic E-state index is 0.947.